The summed E-state index contributed by atoms with van der Waals surface area (Å²) in [6.07, 6.45) is 1.02. The maximum Gasteiger partial charge on any atom is 0.325 e. The number of phenols is 1. The molecular formula is C19H16N5O4S+. The zero-order valence-electron chi connectivity index (χ0n) is 15.0. The van der Waals surface area contributed by atoms with E-state index in [0.717, 1.165) is 0 Å². The Hall–Kier alpha value is -3.66. The topological polar surface area (TPSA) is 125 Å². The number of phenolic OH excluding ortho intramolecular Hbond substituents is 1. The molecule has 1 aromatic heterocycles. The lowest BCUT2D eigenvalue weighted by Crippen LogP contribution is -2.55. The highest BCUT2D eigenvalue weighted by atomic mass is 32.2. The van der Waals surface area contributed by atoms with Crippen LogP contribution in [0.5, 0.6) is 5.75 Å². The number of anilines is 1. The van der Waals surface area contributed by atoms with E-state index in [4.69, 9.17) is 0 Å². The van der Waals surface area contributed by atoms with Crippen molar-refractivity contribution in [2.24, 2.45) is 0 Å². The number of aromatic amines is 1. The molecule has 0 bridgehead atoms. The highest BCUT2D eigenvalue weighted by molar-refractivity contribution is 7.99. The molecule has 0 saturated heterocycles. The summed E-state index contributed by atoms with van der Waals surface area (Å²) >= 11 is 1.31. The molecule has 0 amide bonds. The summed E-state index contributed by atoms with van der Waals surface area (Å²) in [7, 11) is 0. The van der Waals surface area contributed by atoms with Gasteiger partial charge in [0.15, 0.2) is 5.75 Å². The minimum Gasteiger partial charge on any atom is -0.502 e. The number of nitrogens with zero attached hydrogens (tertiary/aromatic N) is 3. The molecule has 0 fully saturated rings. The van der Waals surface area contributed by atoms with Gasteiger partial charge in [0.25, 0.3) is 6.17 Å². The first-order chi connectivity index (χ1) is 14.0. The molecule has 10 heteroatoms. The van der Waals surface area contributed by atoms with Crippen LogP contribution in [0.4, 0.5) is 11.4 Å². The average molecular weight is 410 g/mol. The van der Waals surface area contributed by atoms with Crippen LogP contribution in [0.2, 0.25) is 0 Å². The molecule has 1 aliphatic rings. The Kier molecular flexibility index (Phi) is 4.77. The van der Waals surface area contributed by atoms with E-state index in [2.05, 4.69) is 22.0 Å². The van der Waals surface area contributed by atoms with Gasteiger partial charge in [-0.1, -0.05) is 30.0 Å². The predicted octanol–water partition coefficient (Wildman–Crippen LogP) is 2.59. The standard InChI is InChI=1S/C19H15N5O4S/c1-2-9-29-19-21-18(26)16-12-5-3-4-6-13(12)20-17(23(16)22-19)11-7-8-15(25)14(10-11)24(27)28/h2-8,10,17H,1,9H2,(H2,21,22,25,26)/p+1/t17-/m0/s1. The summed E-state index contributed by atoms with van der Waals surface area (Å²) in [5.41, 5.74) is 1.45. The highest BCUT2D eigenvalue weighted by Gasteiger charge is 2.38. The van der Waals surface area contributed by atoms with Crippen LogP contribution in [-0.4, -0.2) is 25.9 Å². The van der Waals surface area contributed by atoms with Crippen molar-refractivity contribution in [3.63, 3.8) is 0 Å². The molecule has 3 aromatic rings. The van der Waals surface area contributed by atoms with Gasteiger partial charge in [0.05, 0.1) is 21.7 Å². The Morgan fingerprint density at radius 2 is 2.14 bits per heavy atom. The van der Waals surface area contributed by atoms with Gasteiger partial charge in [0.2, 0.25) is 5.16 Å². The van der Waals surface area contributed by atoms with E-state index in [0.29, 0.717) is 33.4 Å². The second kappa shape index (κ2) is 7.40. The summed E-state index contributed by atoms with van der Waals surface area (Å²) in [5.74, 6) is 0.128. The number of fused-ring (bicyclic) bond motifs is 3. The van der Waals surface area contributed by atoms with E-state index in [1.807, 2.05) is 18.2 Å². The van der Waals surface area contributed by atoms with E-state index in [1.165, 1.54) is 28.6 Å². The number of nitro groups is 1. The van der Waals surface area contributed by atoms with Crippen LogP contribution in [0, 0.1) is 10.1 Å². The maximum absolute atomic E-state index is 12.9. The molecule has 2 heterocycles. The fourth-order valence-corrected chi connectivity index (χ4v) is 3.76. The number of hydrogen-bond donors (Lipinski definition) is 3. The number of rotatable bonds is 5. The molecule has 9 nitrogen and oxygen atoms in total. The third-order valence-electron chi connectivity index (χ3n) is 4.43. The maximum atomic E-state index is 12.9. The Bertz CT molecular complexity index is 1190. The average Bonchev–Trinajstić information content (AvgIpc) is 2.71. The molecule has 29 heavy (non-hydrogen) atoms. The van der Waals surface area contributed by atoms with Crippen LogP contribution in [0.3, 0.4) is 0 Å². The summed E-state index contributed by atoms with van der Waals surface area (Å²) in [6, 6.07) is 11.4. The number of para-hydroxylation sites is 1. The van der Waals surface area contributed by atoms with Crippen molar-refractivity contribution < 1.29 is 14.7 Å². The highest BCUT2D eigenvalue weighted by Crippen LogP contribution is 2.34. The van der Waals surface area contributed by atoms with Crippen LogP contribution >= 0.6 is 11.8 Å². The fourth-order valence-electron chi connectivity index (χ4n) is 3.17. The molecule has 2 aromatic carbocycles. The van der Waals surface area contributed by atoms with Gasteiger partial charge in [-0.05, 0) is 28.9 Å². The van der Waals surface area contributed by atoms with E-state index in [9.17, 15) is 20.0 Å². The summed E-state index contributed by atoms with van der Waals surface area (Å²) in [4.78, 5) is 26.3. The molecular weight excluding hydrogens is 394 g/mol. The van der Waals surface area contributed by atoms with Crippen molar-refractivity contribution in [2.75, 3.05) is 11.1 Å². The van der Waals surface area contributed by atoms with E-state index in [-0.39, 0.29) is 5.56 Å². The first-order valence-corrected chi connectivity index (χ1v) is 9.61. The molecule has 0 saturated carbocycles. The molecule has 0 spiro atoms. The second-order valence-electron chi connectivity index (χ2n) is 6.25. The first kappa shape index (κ1) is 18.7. The number of benzene rings is 2. The normalized spacial score (nSPS) is 14.4. The Labute approximate surface area is 168 Å². The van der Waals surface area contributed by atoms with Crippen molar-refractivity contribution in [3.05, 3.63) is 81.2 Å². The van der Waals surface area contributed by atoms with Crippen LogP contribution in [0.25, 0.3) is 11.3 Å². The van der Waals surface area contributed by atoms with Gasteiger partial charge in [0.1, 0.15) is 0 Å². The van der Waals surface area contributed by atoms with Gasteiger partial charge in [-0.15, -0.1) is 6.58 Å². The monoisotopic (exact) mass is 410 g/mol. The van der Waals surface area contributed by atoms with Crippen molar-refractivity contribution >= 4 is 23.1 Å². The Morgan fingerprint density at radius 3 is 2.90 bits per heavy atom. The van der Waals surface area contributed by atoms with Gasteiger partial charge >= 0.3 is 16.9 Å². The quantitative estimate of drug-likeness (QED) is 0.194. The number of aromatic nitrogens is 3. The zero-order valence-corrected chi connectivity index (χ0v) is 15.8. The number of H-pyrrole nitrogens is 1. The number of nitrogens with one attached hydrogen (secondary N) is 2. The van der Waals surface area contributed by atoms with Crippen LogP contribution in [0.15, 0.2) is 65.1 Å². The minimum atomic E-state index is -0.676. The van der Waals surface area contributed by atoms with Gasteiger partial charge in [0, 0.05) is 16.9 Å². The summed E-state index contributed by atoms with van der Waals surface area (Å²) in [6.45, 7) is 3.67. The van der Waals surface area contributed by atoms with Crippen molar-refractivity contribution in [3.8, 4) is 17.0 Å². The molecule has 4 rings (SSSR count). The predicted molar refractivity (Wildman–Crippen MR) is 108 cm³/mol. The lowest BCUT2D eigenvalue weighted by molar-refractivity contribution is -0.759. The Morgan fingerprint density at radius 1 is 1.34 bits per heavy atom. The van der Waals surface area contributed by atoms with Gasteiger partial charge in [-0.2, -0.15) is 0 Å². The van der Waals surface area contributed by atoms with Crippen molar-refractivity contribution in [2.45, 2.75) is 11.3 Å². The summed E-state index contributed by atoms with van der Waals surface area (Å²) < 4.78 is 1.52. The van der Waals surface area contributed by atoms with Crippen LogP contribution in [-0.2, 0) is 0 Å². The molecule has 146 valence electrons. The van der Waals surface area contributed by atoms with Gasteiger partial charge in [-0.3, -0.25) is 19.9 Å². The Balaban J connectivity index is 1.93. The van der Waals surface area contributed by atoms with Crippen LogP contribution < -0.4 is 15.6 Å². The lowest BCUT2D eigenvalue weighted by atomic mass is 10.0. The second-order valence-corrected chi connectivity index (χ2v) is 7.26. The van der Waals surface area contributed by atoms with Crippen molar-refractivity contribution in [1.29, 1.82) is 0 Å². The number of thioether (sulfide) groups is 1. The van der Waals surface area contributed by atoms with E-state index >= 15 is 0 Å². The number of aromatic hydroxyl groups is 1. The zero-order chi connectivity index (χ0) is 20.5. The first-order valence-electron chi connectivity index (χ1n) is 8.62. The molecule has 0 radical (unpaired) electrons. The van der Waals surface area contributed by atoms with Gasteiger partial charge < -0.3 is 10.4 Å². The fraction of sp³-hybridized carbons (Fsp3) is 0.105. The van der Waals surface area contributed by atoms with Gasteiger partial charge in [-0.25, -0.2) is 0 Å². The lowest BCUT2D eigenvalue weighted by Gasteiger charge is -2.22. The number of hydrogen-bond acceptors (Lipinski definition) is 7. The molecule has 0 aliphatic carbocycles. The molecule has 1 atom stereocenters. The molecule has 0 unspecified atom stereocenters. The smallest absolute Gasteiger partial charge is 0.325 e. The van der Waals surface area contributed by atoms with E-state index in [1.54, 1.807) is 18.2 Å². The molecule has 3 N–H and O–H groups in total. The largest absolute Gasteiger partial charge is 0.502 e. The van der Waals surface area contributed by atoms with Crippen LogP contribution in [0.1, 0.15) is 11.7 Å². The van der Waals surface area contributed by atoms with Crippen molar-refractivity contribution in [1.82, 2.24) is 10.1 Å². The molecule has 1 aliphatic heterocycles. The van der Waals surface area contributed by atoms with E-state index < -0.39 is 22.5 Å². The minimum absolute atomic E-state index is 0.321. The SMILES string of the molecule is C=CCSc1n[n+]2c(c(=O)[nH]1)-c1ccccc1N[C@@H]2c1ccc(O)c([N+](=O)[O-])c1. The third kappa shape index (κ3) is 3.34. The summed E-state index contributed by atoms with van der Waals surface area (Å²) in [5, 5.41) is 29.3. The number of nitro benzene ring substituents is 1. The third-order valence-corrected chi connectivity index (χ3v) is 5.29.